The minimum absolute atomic E-state index is 0.0501. The van der Waals surface area contributed by atoms with Crippen LogP contribution in [0.1, 0.15) is 28.8 Å². The first kappa shape index (κ1) is 16.3. The summed E-state index contributed by atoms with van der Waals surface area (Å²) in [5.41, 5.74) is 2.26. The van der Waals surface area contributed by atoms with E-state index < -0.39 is 0 Å². The summed E-state index contributed by atoms with van der Waals surface area (Å²) in [4.78, 5) is 23.5. The Labute approximate surface area is 150 Å². The van der Waals surface area contributed by atoms with Gasteiger partial charge in [0.25, 0.3) is 5.69 Å². The molecule has 0 atom stereocenters. The highest BCUT2D eigenvalue weighted by Gasteiger charge is 2.44. The second-order valence-electron chi connectivity index (χ2n) is 6.83. The Kier molecular flexibility index (Phi) is 3.72. The number of hydrogen-bond acceptors (Lipinski definition) is 3. The Morgan fingerprint density at radius 3 is 2.65 bits per heavy atom. The molecule has 0 bridgehead atoms. The third-order valence-corrected chi connectivity index (χ3v) is 4.98. The minimum Gasteiger partial charge on any atom is -0.331 e. The molecule has 0 N–H and O–H groups in total. The van der Waals surface area contributed by atoms with E-state index in [1.54, 1.807) is 30.5 Å². The zero-order valence-corrected chi connectivity index (χ0v) is 14.4. The fraction of sp³-hybridized carbons (Fsp3) is 0.190. The van der Waals surface area contributed by atoms with E-state index in [0.29, 0.717) is 10.9 Å². The van der Waals surface area contributed by atoms with Gasteiger partial charge in [-0.05, 0) is 44.0 Å². The smallest absolute Gasteiger partial charge is 0.294 e. The van der Waals surface area contributed by atoms with Gasteiger partial charge < -0.3 is 4.57 Å². The number of carbonyl (C=O) groups excluding carboxylic acids is 1. The number of para-hydroxylation sites is 1. The number of ketones is 1. The molecule has 0 spiro atoms. The van der Waals surface area contributed by atoms with Crippen molar-refractivity contribution in [2.45, 2.75) is 25.3 Å². The number of nitrogens with zero attached hydrogens (tertiary/aromatic N) is 2. The van der Waals surface area contributed by atoms with Gasteiger partial charge in [-0.1, -0.05) is 42.0 Å². The van der Waals surface area contributed by atoms with Crippen molar-refractivity contribution in [3.63, 3.8) is 0 Å². The van der Waals surface area contributed by atoms with Crippen molar-refractivity contribution in [1.29, 1.82) is 0 Å². The minimum atomic E-state index is -0.354. The highest BCUT2D eigenvalue weighted by Crippen LogP contribution is 2.48. The molecule has 5 heteroatoms. The van der Waals surface area contributed by atoms with Gasteiger partial charge in [0.15, 0.2) is 5.78 Å². The molecule has 0 unspecified atom stereocenters. The SMILES string of the molecule is Cc1cccc(C(=O)/C=C/C2(n3cc([N+](=O)[O-])c4ccccc43)CC2)c1. The van der Waals surface area contributed by atoms with Crippen LogP contribution in [-0.4, -0.2) is 15.3 Å². The van der Waals surface area contributed by atoms with Gasteiger partial charge in [-0.15, -0.1) is 0 Å². The van der Waals surface area contributed by atoms with Crippen molar-refractivity contribution < 1.29 is 9.72 Å². The van der Waals surface area contributed by atoms with Gasteiger partial charge in [0.1, 0.15) is 0 Å². The number of rotatable bonds is 5. The first-order chi connectivity index (χ1) is 12.5. The van der Waals surface area contributed by atoms with Gasteiger partial charge in [0.2, 0.25) is 0 Å². The Morgan fingerprint density at radius 2 is 1.96 bits per heavy atom. The van der Waals surface area contributed by atoms with Crippen LogP contribution >= 0.6 is 0 Å². The van der Waals surface area contributed by atoms with Crippen LogP contribution in [0.25, 0.3) is 10.9 Å². The van der Waals surface area contributed by atoms with Crippen molar-refractivity contribution >= 4 is 22.4 Å². The van der Waals surface area contributed by atoms with Crippen molar-refractivity contribution in [2.75, 3.05) is 0 Å². The van der Waals surface area contributed by atoms with E-state index in [0.717, 1.165) is 23.9 Å². The highest BCUT2D eigenvalue weighted by atomic mass is 16.6. The van der Waals surface area contributed by atoms with E-state index in [4.69, 9.17) is 0 Å². The van der Waals surface area contributed by atoms with Crippen LogP contribution < -0.4 is 0 Å². The van der Waals surface area contributed by atoms with E-state index in [2.05, 4.69) is 0 Å². The molecule has 1 fully saturated rings. The highest BCUT2D eigenvalue weighted by molar-refractivity contribution is 6.04. The second kappa shape index (κ2) is 5.95. The van der Waals surface area contributed by atoms with Gasteiger partial charge in [-0.25, -0.2) is 0 Å². The fourth-order valence-corrected chi connectivity index (χ4v) is 3.42. The molecule has 26 heavy (non-hydrogen) atoms. The van der Waals surface area contributed by atoms with Crippen LogP contribution in [0.4, 0.5) is 5.69 Å². The Balaban J connectivity index is 1.71. The van der Waals surface area contributed by atoms with Crippen LogP contribution in [0, 0.1) is 17.0 Å². The van der Waals surface area contributed by atoms with Crippen LogP contribution in [0.15, 0.2) is 66.9 Å². The lowest BCUT2D eigenvalue weighted by molar-refractivity contribution is -0.383. The lowest BCUT2D eigenvalue weighted by Crippen LogP contribution is -2.13. The predicted octanol–water partition coefficient (Wildman–Crippen LogP) is 4.79. The number of aromatic nitrogens is 1. The van der Waals surface area contributed by atoms with Crippen molar-refractivity contribution in [2.24, 2.45) is 0 Å². The summed E-state index contributed by atoms with van der Waals surface area (Å²) in [6.07, 6.45) is 6.82. The van der Waals surface area contributed by atoms with Gasteiger partial charge in [0.05, 0.1) is 27.6 Å². The summed E-state index contributed by atoms with van der Waals surface area (Å²) in [5.74, 6) is -0.0501. The molecular weight excluding hydrogens is 328 g/mol. The molecule has 4 rings (SSSR count). The summed E-state index contributed by atoms with van der Waals surface area (Å²) in [5, 5.41) is 12.0. The monoisotopic (exact) mass is 346 g/mol. The first-order valence-electron chi connectivity index (χ1n) is 8.55. The molecule has 1 heterocycles. The van der Waals surface area contributed by atoms with Gasteiger partial charge in [-0.2, -0.15) is 0 Å². The Morgan fingerprint density at radius 1 is 1.19 bits per heavy atom. The number of aryl methyl sites for hydroxylation is 1. The zero-order chi connectivity index (χ0) is 18.3. The molecule has 3 aromatic rings. The molecule has 0 amide bonds. The topological polar surface area (TPSA) is 65.1 Å². The molecule has 1 saturated carbocycles. The van der Waals surface area contributed by atoms with Crippen molar-refractivity contribution in [1.82, 2.24) is 4.57 Å². The molecule has 2 aromatic carbocycles. The average Bonchev–Trinajstić information content (AvgIpc) is 3.31. The predicted molar refractivity (Wildman–Crippen MR) is 100 cm³/mol. The first-order valence-corrected chi connectivity index (χ1v) is 8.55. The van der Waals surface area contributed by atoms with Gasteiger partial charge in [0, 0.05) is 5.56 Å². The van der Waals surface area contributed by atoms with E-state index in [9.17, 15) is 14.9 Å². The fourth-order valence-electron chi connectivity index (χ4n) is 3.42. The third-order valence-electron chi connectivity index (χ3n) is 4.98. The molecule has 0 radical (unpaired) electrons. The number of allylic oxidation sites excluding steroid dienone is 2. The van der Waals surface area contributed by atoms with Crippen molar-refractivity contribution in [3.05, 3.63) is 88.1 Å². The normalized spacial score (nSPS) is 15.4. The number of benzene rings is 2. The van der Waals surface area contributed by atoms with Crippen LogP contribution in [-0.2, 0) is 5.54 Å². The van der Waals surface area contributed by atoms with Crippen LogP contribution in [0.3, 0.4) is 0 Å². The molecule has 1 aromatic heterocycles. The summed E-state index contributed by atoms with van der Waals surface area (Å²) in [6, 6.07) is 14.8. The molecule has 0 saturated heterocycles. The summed E-state index contributed by atoms with van der Waals surface area (Å²) >= 11 is 0. The maximum absolute atomic E-state index is 12.5. The summed E-state index contributed by atoms with van der Waals surface area (Å²) in [6.45, 7) is 1.95. The third kappa shape index (κ3) is 2.71. The number of nitro groups is 1. The molecule has 130 valence electrons. The number of fused-ring (bicyclic) bond motifs is 1. The lowest BCUT2D eigenvalue weighted by atomic mass is 10.1. The maximum Gasteiger partial charge on any atom is 0.294 e. The van der Waals surface area contributed by atoms with Gasteiger partial charge in [-0.3, -0.25) is 14.9 Å². The standard InChI is InChI=1S/C21H18N2O3/c1-15-5-4-6-16(13-15)20(24)9-10-21(11-12-21)22-14-19(23(25)26)17-7-2-3-8-18(17)22/h2-10,13-14H,11-12H2,1H3/b10-9+. The van der Waals surface area contributed by atoms with E-state index in [-0.39, 0.29) is 21.9 Å². The van der Waals surface area contributed by atoms with E-state index >= 15 is 0 Å². The van der Waals surface area contributed by atoms with Crippen LogP contribution in [0.2, 0.25) is 0 Å². The summed E-state index contributed by atoms with van der Waals surface area (Å²) in [7, 11) is 0. The maximum atomic E-state index is 12.5. The average molecular weight is 346 g/mol. The van der Waals surface area contributed by atoms with E-state index in [1.807, 2.05) is 47.9 Å². The molecule has 1 aliphatic carbocycles. The van der Waals surface area contributed by atoms with Crippen LogP contribution in [0.5, 0.6) is 0 Å². The number of carbonyl (C=O) groups is 1. The Hall–Kier alpha value is -3.21. The Bertz CT molecular complexity index is 1060. The molecule has 0 aliphatic heterocycles. The lowest BCUT2D eigenvalue weighted by Gasteiger charge is -2.14. The van der Waals surface area contributed by atoms with Crippen molar-refractivity contribution in [3.8, 4) is 0 Å². The largest absolute Gasteiger partial charge is 0.331 e. The zero-order valence-electron chi connectivity index (χ0n) is 14.4. The second-order valence-corrected chi connectivity index (χ2v) is 6.83. The number of hydrogen-bond donors (Lipinski definition) is 0. The van der Waals surface area contributed by atoms with Gasteiger partial charge >= 0.3 is 0 Å². The quantitative estimate of drug-likeness (QED) is 0.289. The van der Waals surface area contributed by atoms with E-state index in [1.165, 1.54) is 0 Å². The molecular formula is C21H18N2O3. The molecule has 5 nitrogen and oxygen atoms in total. The summed E-state index contributed by atoms with van der Waals surface area (Å²) < 4.78 is 1.94. The molecule has 1 aliphatic rings.